The number of alkyl halides is 1. The molecule has 2 aromatic rings. The van der Waals surface area contributed by atoms with E-state index in [1.165, 1.54) is 0 Å². The van der Waals surface area contributed by atoms with Crippen LogP contribution in [0, 0.1) is 0 Å². The van der Waals surface area contributed by atoms with Crippen LogP contribution in [-0.4, -0.2) is 7.11 Å². The smallest absolute Gasteiger partial charge is 0.193 e. The molecule has 1 unspecified atom stereocenters. The van der Waals surface area contributed by atoms with Gasteiger partial charge in [0.1, 0.15) is 16.9 Å². The molecule has 0 aliphatic rings. The van der Waals surface area contributed by atoms with Crippen LogP contribution in [0.1, 0.15) is 16.7 Å². The third-order valence-electron chi connectivity index (χ3n) is 2.31. The molecule has 0 aliphatic heterocycles. The average molecular weight is 336 g/mol. The Morgan fingerprint density at radius 3 is 2.59 bits per heavy atom. The van der Waals surface area contributed by atoms with E-state index in [-0.39, 0.29) is 5.38 Å². The van der Waals surface area contributed by atoms with Gasteiger partial charge in [-0.15, -0.1) is 11.6 Å². The van der Waals surface area contributed by atoms with E-state index < -0.39 is 0 Å². The van der Waals surface area contributed by atoms with Crippen LogP contribution >= 0.6 is 39.1 Å². The van der Waals surface area contributed by atoms with Gasteiger partial charge in [0.15, 0.2) is 5.22 Å². The van der Waals surface area contributed by atoms with Crippen LogP contribution in [0.4, 0.5) is 0 Å². The molecule has 1 aromatic heterocycles. The molecule has 0 amide bonds. The molecular formula is C12H9BrCl2O2. The van der Waals surface area contributed by atoms with Crippen LogP contribution in [-0.2, 0) is 0 Å². The van der Waals surface area contributed by atoms with E-state index in [9.17, 15) is 0 Å². The van der Waals surface area contributed by atoms with Crippen LogP contribution in [0.3, 0.4) is 0 Å². The minimum atomic E-state index is -0.371. The lowest BCUT2D eigenvalue weighted by atomic mass is 10.1. The molecule has 0 saturated carbocycles. The summed E-state index contributed by atoms with van der Waals surface area (Å²) in [6, 6.07) is 9.06. The Hall–Kier alpha value is -0.640. The number of benzene rings is 1. The van der Waals surface area contributed by atoms with Crippen LogP contribution in [0.5, 0.6) is 5.75 Å². The van der Waals surface area contributed by atoms with Crippen LogP contribution in [0.2, 0.25) is 5.22 Å². The molecule has 0 bridgehead atoms. The number of rotatable bonds is 3. The van der Waals surface area contributed by atoms with Crippen molar-refractivity contribution in [1.82, 2.24) is 0 Å². The highest BCUT2D eigenvalue weighted by molar-refractivity contribution is 9.10. The van der Waals surface area contributed by atoms with Crippen molar-refractivity contribution in [3.8, 4) is 5.75 Å². The molecule has 0 spiro atoms. The highest BCUT2D eigenvalue weighted by atomic mass is 79.9. The van der Waals surface area contributed by atoms with E-state index in [4.69, 9.17) is 32.4 Å². The highest BCUT2D eigenvalue weighted by Crippen LogP contribution is 2.35. The number of hydrogen-bond acceptors (Lipinski definition) is 2. The Labute approximate surface area is 118 Å². The fraction of sp³-hybridized carbons (Fsp3) is 0.167. The van der Waals surface area contributed by atoms with Crippen LogP contribution in [0.15, 0.2) is 39.2 Å². The lowest BCUT2D eigenvalue weighted by Gasteiger charge is -2.09. The predicted octanol–water partition coefficient (Wildman–Crippen LogP) is 5.03. The Morgan fingerprint density at radius 1 is 1.29 bits per heavy atom. The molecule has 90 valence electrons. The maximum absolute atomic E-state index is 6.30. The number of halogens is 3. The molecule has 2 rings (SSSR count). The highest BCUT2D eigenvalue weighted by Gasteiger charge is 2.16. The summed E-state index contributed by atoms with van der Waals surface area (Å²) >= 11 is 15.4. The molecule has 1 atom stereocenters. The first-order chi connectivity index (χ1) is 8.11. The van der Waals surface area contributed by atoms with Crippen LogP contribution in [0.25, 0.3) is 0 Å². The summed E-state index contributed by atoms with van der Waals surface area (Å²) in [5.41, 5.74) is 0.908. The molecule has 1 heterocycles. The zero-order valence-corrected chi connectivity index (χ0v) is 12.0. The lowest BCUT2D eigenvalue weighted by Crippen LogP contribution is -1.92. The summed E-state index contributed by atoms with van der Waals surface area (Å²) in [6.07, 6.45) is 0. The summed E-state index contributed by atoms with van der Waals surface area (Å²) in [4.78, 5) is 0. The summed E-state index contributed by atoms with van der Waals surface area (Å²) < 4.78 is 11.3. The Morgan fingerprint density at radius 2 is 2.06 bits per heavy atom. The molecule has 17 heavy (non-hydrogen) atoms. The first-order valence-electron chi connectivity index (χ1n) is 4.84. The fourth-order valence-electron chi connectivity index (χ4n) is 1.47. The van der Waals surface area contributed by atoms with Crippen molar-refractivity contribution >= 4 is 39.1 Å². The second kappa shape index (κ2) is 5.34. The number of ether oxygens (including phenoxy) is 1. The van der Waals surface area contributed by atoms with E-state index in [0.717, 1.165) is 15.8 Å². The Bertz CT molecular complexity index is 525. The number of furan rings is 1. The van der Waals surface area contributed by atoms with Gasteiger partial charge in [0.05, 0.1) is 11.6 Å². The van der Waals surface area contributed by atoms with Crippen molar-refractivity contribution in [1.29, 1.82) is 0 Å². The van der Waals surface area contributed by atoms with E-state index in [0.29, 0.717) is 11.0 Å². The van der Waals surface area contributed by atoms with E-state index in [1.807, 2.05) is 18.2 Å². The average Bonchev–Trinajstić information content (AvgIpc) is 2.75. The van der Waals surface area contributed by atoms with Gasteiger partial charge in [-0.25, -0.2) is 0 Å². The molecule has 0 radical (unpaired) electrons. The zero-order chi connectivity index (χ0) is 12.4. The van der Waals surface area contributed by atoms with Gasteiger partial charge in [0.25, 0.3) is 0 Å². The summed E-state index contributed by atoms with van der Waals surface area (Å²) in [5.74, 6) is 1.38. The molecule has 0 saturated heterocycles. The van der Waals surface area contributed by atoms with E-state index >= 15 is 0 Å². The fourth-order valence-corrected chi connectivity index (χ4v) is 2.43. The molecule has 2 nitrogen and oxygen atoms in total. The molecule has 0 N–H and O–H groups in total. The first kappa shape index (κ1) is 12.8. The van der Waals surface area contributed by atoms with Gasteiger partial charge >= 0.3 is 0 Å². The van der Waals surface area contributed by atoms with Gasteiger partial charge in [-0.05, 0) is 57.4 Å². The largest absolute Gasteiger partial charge is 0.496 e. The monoisotopic (exact) mass is 334 g/mol. The first-order valence-corrected chi connectivity index (χ1v) is 6.45. The second-order valence-corrected chi connectivity index (χ2v) is 5.06. The van der Waals surface area contributed by atoms with E-state index in [1.54, 1.807) is 19.2 Å². The van der Waals surface area contributed by atoms with Gasteiger partial charge in [-0.1, -0.05) is 6.07 Å². The predicted molar refractivity (Wildman–Crippen MR) is 72.1 cm³/mol. The summed E-state index contributed by atoms with van der Waals surface area (Å²) in [6.45, 7) is 0. The number of methoxy groups -OCH3 is 1. The van der Waals surface area contributed by atoms with Gasteiger partial charge in [0, 0.05) is 0 Å². The van der Waals surface area contributed by atoms with Gasteiger partial charge in [0.2, 0.25) is 0 Å². The maximum Gasteiger partial charge on any atom is 0.193 e. The topological polar surface area (TPSA) is 22.4 Å². The zero-order valence-electron chi connectivity index (χ0n) is 8.91. The third kappa shape index (κ3) is 2.79. The van der Waals surface area contributed by atoms with Crippen molar-refractivity contribution in [3.63, 3.8) is 0 Å². The minimum absolute atomic E-state index is 0.332. The standard InChI is InChI=1S/C12H9BrCl2O2/c1-16-9-3-2-7(6-8(9)13)12(15)10-4-5-11(14)17-10/h2-6,12H,1H3. The molecule has 0 fully saturated rings. The summed E-state index contributed by atoms with van der Waals surface area (Å²) in [5, 5.41) is -0.0390. The van der Waals surface area contributed by atoms with Crippen LogP contribution < -0.4 is 4.74 Å². The Kier molecular flexibility index (Phi) is 4.02. The molecule has 5 heteroatoms. The van der Waals surface area contributed by atoms with Gasteiger partial charge in [-0.3, -0.25) is 0 Å². The third-order valence-corrected chi connectivity index (χ3v) is 3.60. The minimum Gasteiger partial charge on any atom is -0.496 e. The SMILES string of the molecule is COc1ccc(C(Cl)c2ccc(Cl)o2)cc1Br. The van der Waals surface area contributed by atoms with E-state index in [2.05, 4.69) is 15.9 Å². The van der Waals surface area contributed by atoms with Crippen molar-refractivity contribution in [2.45, 2.75) is 5.38 Å². The quantitative estimate of drug-likeness (QED) is 0.734. The van der Waals surface area contributed by atoms with Crippen molar-refractivity contribution in [3.05, 3.63) is 51.3 Å². The summed E-state index contributed by atoms with van der Waals surface area (Å²) in [7, 11) is 1.62. The van der Waals surface area contributed by atoms with Gasteiger partial charge < -0.3 is 9.15 Å². The number of hydrogen-bond donors (Lipinski definition) is 0. The van der Waals surface area contributed by atoms with Crippen molar-refractivity contribution in [2.75, 3.05) is 7.11 Å². The normalized spacial score (nSPS) is 12.5. The molecule has 0 aliphatic carbocycles. The second-order valence-electron chi connectivity index (χ2n) is 3.40. The Balaban J connectivity index is 2.31. The lowest BCUT2D eigenvalue weighted by molar-refractivity contribution is 0.412. The van der Waals surface area contributed by atoms with Crippen molar-refractivity contribution in [2.24, 2.45) is 0 Å². The van der Waals surface area contributed by atoms with Gasteiger partial charge in [-0.2, -0.15) is 0 Å². The molecule has 1 aromatic carbocycles. The maximum atomic E-state index is 6.30. The van der Waals surface area contributed by atoms with Crippen molar-refractivity contribution < 1.29 is 9.15 Å². The molecular weight excluding hydrogens is 327 g/mol.